The SMILES string of the molecule is CCOc1cc(C=Nc2ccc([C@@H]3Nc4ccccc4[C@@H]4C=CC[C@@H]43)cc2)ccc1O. The molecule has 156 valence electrons. The zero-order valence-corrected chi connectivity index (χ0v) is 17.5. The van der Waals surface area contributed by atoms with E-state index in [9.17, 15) is 5.11 Å². The fourth-order valence-corrected chi connectivity index (χ4v) is 4.67. The van der Waals surface area contributed by atoms with Gasteiger partial charge in [0.05, 0.1) is 18.3 Å². The molecule has 5 rings (SSSR count). The van der Waals surface area contributed by atoms with Gasteiger partial charge in [-0.1, -0.05) is 42.5 Å². The van der Waals surface area contributed by atoms with Crippen molar-refractivity contribution in [1.82, 2.24) is 0 Å². The summed E-state index contributed by atoms with van der Waals surface area (Å²) < 4.78 is 5.45. The van der Waals surface area contributed by atoms with E-state index in [2.05, 4.69) is 71.0 Å². The monoisotopic (exact) mass is 410 g/mol. The van der Waals surface area contributed by atoms with Crippen molar-refractivity contribution in [3.05, 3.63) is 95.6 Å². The van der Waals surface area contributed by atoms with Crippen molar-refractivity contribution in [1.29, 1.82) is 0 Å². The maximum atomic E-state index is 9.85. The van der Waals surface area contributed by atoms with Crippen molar-refractivity contribution in [2.45, 2.75) is 25.3 Å². The van der Waals surface area contributed by atoms with Crippen molar-refractivity contribution in [2.24, 2.45) is 10.9 Å². The highest BCUT2D eigenvalue weighted by Gasteiger charge is 2.37. The first-order chi connectivity index (χ1) is 15.2. The van der Waals surface area contributed by atoms with Crippen LogP contribution in [0.1, 0.15) is 42.0 Å². The first kappa shape index (κ1) is 19.4. The topological polar surface area (TPSA) is 53.8 Å². The highest BCUT2D eigenvalue weighted by Crippen LogP contribution is 2.49. The van der Waals surface area contributed by atoms with Crippen LogP contribution in [0.25, 0.3) is 0 Å². The number of nitrogens with one attached hydrogen (secondary N) is 1. The van der Waals surface area contributed by atoms with Crippen LogP contribution in [-0.2, 0) is 0 Å². The molecule has 3 aromatic carbocycles. The number of phenolic OH excluding ortho intramolecular Hbond substituents is 1. The summed E-state index contributed by atoms with van der Waals surface area (Å²) in [4.78, 5) is 4.60. The fraction of sp³-hybridized carbons (Fsp3) is 0.222. The molecule has 0 radical (unpaired) electrons. The lowest BCUT2D eigenvalue weighted by atomic mass is 9.77. The second-order valence-electron chi connectivity index (χ2n) is 8.07. The Hall–Kier alpha value is -3.53. The van der Waals surface area contributed by atoms with E-state index in [0.717, 1.165) is 17.7 Å². The van der Waals surface area contributed by atoms with Crippen molar-refractivity contribution in [2.75, 3.05) is 11.9 Å². The molecule has 4 nitrogen and oxygen atoms in total. The zero-order chi connectivity index (χ0) is 21.2. The zero-order valence-electron chi connectivity index (χ0n) is 17.5. The summed E-state index contributed by atoms with van der Waals surface area (Å²) in [7, 11) is 0. The van der Waals surface area contributed by atoms with Gasteiger partial charge in [-0.2, -0.15) is 0 Å². The van der Waals surface area contributed by atoms with Crippen LogP contribution in [-0.4, -0.2) is 17.9 Å². The molecule has 2 aliphatic rings. The van der Waals surface area contributed by atoms with E-state index in [0.29, 0.717) is 30.2 Å². The minimum Gasteiger partial charge on any atom is -0.504 e. The van der Waals surface area contributed by atoms with Crippen LogP contribution >= 0.6 is 0 Å². The lowest BCUT2D eigenvalue weighted by Crippen LogP contribution is -2.28. The van der Waals surface area contributed by atoms with E-state index in [-0.39, 0.29) is 5.75 Å². The van der Waals surface area contributed by atoms with Gasteiger partial charge in [-0.3, -0.25) is 4.99 Å². The first-order valence-electron chi connectivity index (χ1n) is 10.8. The Morgan fingerprint density at radius 1 is 1.10 bits per heavy atom. The summed E-state index contributed by atoms with van der Waals surface area (Å²) in [6.07, 6.45) is 7.58. The average molecular weight is 411 g/mol. The minimum atomic E-state index is 0.143. The summed E-state index contributed by atoms with van der Waals surface area (Å²) in [6, 6.07) is 22.7. The Kier molecular flexibility index (Phi) is 5.21. The third kappa shape index (κ3) is 3.81. The second-order valence-corrected chi connectivity index (χ2v) is 8.07. The van der Waals surface area contributed by atoms with Gasteiger partial charge in [-0.25, -0.2) is 0 Å². The number of benzene rings is 3. The Morgan fingerprint density at radius 3 is 2.77 bits per heavy atom. The predicted octanol–water partition coefficient (Wildman–Crippen LogP) is 6.37. The quantitative estimate of drug-likeness (QED) is 0.380. The van der Waals surface area contributed by atoms with E-state index in [1.54, 1.807) is 18.3 Å². The molecule has 0 saturated heterocycles. The summed E-state index contributed by atoms with van der Waals surface area (Å²) in [6.45, 7) is 2.40. The Labute approximate surface area is 182 Å². The Balaban J connectivity index is 1.35. The smallest absolute Gasteiger partial charge is 0.161 e. The molecule has 1 aliphatic carbocycles. The van der Waals surface area contributed by atoms with E-state index >= 15 is 0 Å². The fourth-order valence-electron chi connectivity index (χ4n) is 4.67. The van der Waals surface area contributed by atoms with Gasteiger partial charge in [-0.15, -0.1) is 0 Å². The maximum absolute atomic E-state index is 9.85. The molecule has 31 heavy (non-hydrogen) atoms. The van der Waals surface area contributed by atoms with Crippen LogP contribution in [0.3, 0.4) is 0 Å². The number of aliphatic imine (C=N–C) groups is 1. The number of nitrogens with zero attached hydrogens (tertiary/aromatic N) is 1. The number of rotatable bonds is 5. The lowest BCUT2D eigenvalue weighted by Gasteiger charge is -2.37. The van der Waals surface area contributed by atoms with Crippen molar-refractivity contribution < 1.29 is 9.84 Å². The Morgan fingerprint density at radius 2 is 1.94 bits per heavy atom. The van der Waals surface area contributed by atoms with Crippen LogP contribution in [0, 0.1) is 5.92 Å². The van der Waals surface area contributed by atoms with Crippen molar-refractivity contribution in [3.63, 3.8) is 0 Å². The molecular formula is C27H26N2O2. The molecule has 0 saturated carbocycles. The van der Waals surface area contributed by atoms with E-state index < -0.39 is 0 Å². The molecule has 0 fully saturated rings. The van der Waals surface area contributed by atoms with Crippen LogP contribution in [0.4, 0.5) is 11.4 Å². The van der Waals surface area contributed by atoms with Gasteiger partial charge in [0.2, 0.25) is 0 Å². The number of ether oxygens (including phenoxy) is 1. The van der Waals surface area contributed by atoms with Gasteiger partial charge in [0, 0.05) is 17.8 Å². The van der Waals surface area contributed by atoms with Gasteiger partial charge >= 0.3 is 0 Å². The van der Waals surface area contributed by atoms with Gasteiger partial charge in [-0.05, 0) is 72.4 Å². The molecule has 0 unspecified atom stereocenters. The number of para-hydroxylation sites is 1. The van der Waals surface area contributed by atoms with Gasteiger partial charge < -0.3 is 15.2 Å². The van der Waals surface area contributed by atoms with Crippen LogP contribution in [0.2, 0.25) is 0 Å². The van der Waals surface area contributed by atoms with Gasteiger partial charge in [0.1, 0.15) is 0 Å². The average Bonchev–Trinajstić information content (AvgIpc) is 3.30. The first-order valence-corrected chi connectivity index (χ1v) is 10.8. The normalized spacial score (nSPS) is 21.5. The molecule has 2 N–H and O–H groups in total. The number of fused-ring (bicyclic) bond motifs is 3. The number of hydrogen-bond acceptors (Lipinski definition) is 4. The van der Waals surface area contributed by atoms with Gasteiger partial charge in [0.15, 0.2) is 11.5 Å². The maximum Gasteiger partial charge on any atom is 0.161 e. The minimum absolute atomic E-state index is 0.143. The molecule has 0 spiro atoms. The third-order valence-electron chi connectivity index (χ3n) is 6.17. The molecule has 3 atom stereocenters. The van der Waals surface area contributed by atoms with E-state index in [1.165, 1.54) is 16.8 Å². The molecule has 4 heteroatoms. The number of phenols is 1. The number of aromatic hydroxyl groups is 1. The number of allylic oxidation sites excluding steroid dienone is 2. The standard InChI is InChI=1S/C27H26N2O2/c1-2-31-26-16-18(10-15-25(26)30)17-28-20-13-11-19(12-14-20)27-23-8-5-7-21(23)22-6-3-4-9-24(22)29-27/h3-7,9-17,21,23,27,29-30H,2,8H2,1H3/t21-,23-,27-/m0/s1. The summed E-state index contributed by atoms with van der Waals surface area (Å²) in [5, 5.41) is 13.6. The lowest BCUT2D eigenvalue weighted by molar-refractivity contribution is 0.318. The highest BCUT2D eigenvalue weighted by molar-refractivity contribution is 5.83. The molecular weight excluding hydrogens is 384 g/mol. The van der Waals surface area contributed by atoms with Crippen molar-refractivity contribution >= 4 is 17.6 Å². The molecule has 1 heterocycles. The van der Waals surface area contributed by atoms with Crippen LogP contribution < -0.4 is 10.1 Å². The van der Waals surface area contributed by atoms with E-state index in [1.807, 2.05) is 13.0 Å². The largest absolute Gasteiger partial charge is 0.504 e. The Bertz CT molecular complexity index is 1130. The second kappa shape index (κ2) is 8.31. The third-order valence-corrected chi connectivity index (χ3v) is 6.17. The van der Waals surface area contributed by atoms with Crippen LogP contribution in [0.5, 0.6) is 11.5 Å². The van der Waals surface area contributed by atoms with Gasteiger partial charge in [0.25, 0.3) is 0 Å². The number of anilines is 1. The van der Waals surface area contributed by atoms with Crippen LogP contribution in [0.15, 0.2) is 83.9 Å². The van der Waals surface area contributed by atoms with E-state index in [4.69, 9.17) is 4.74 Å². The predicted molar refractivity (Wildman–Crippen MR) is 126 cm³/mol. The molecule has 0 bridgehead atoms. The number of hydrogen-bond donors (Lipinski definition) is 2. The van der Waals surface area contributed by atoms with Crippen molar-refractivity contribution in [3.8, 4) is 11.5 Å². The summed E-state index contributed by atoms with van der Waals surface area (Å²) in [5.74, 6) is 1.64. The highest BCUT2D eigenvalue weighted by atomic mass is 16.5. The molecule has 0 aromatic heterocycles. The molecule has 3 aromatic rings. The molecule has 1 aliphatic heterocycles. The molecule has 0 amide bonds. The summed E-state index contributed by atoms with van der Waals surface area (Å²) >= 11 is 0. The summed E-state index contributed by atoms with van der Waals surface area (Å²) in [5.41, 5.74) is 5.71.